The largest absolute Gasteiger partial charge is 0.331 e. The summed E-state index contributed by atoms with van der Waals surface area (Å²) in [6, 6.07) is 6.50. The molecule has 1 amide bonds. The SMILES string of the molecule is CCCCc1cc(CC)ccc1-c1csc(NC(=O)Cc2nsc3c2c(=O)n(C)c(=O)n3C)n1. The van der Waals surface area contributed by atoms with Crippen LogP contribution in [0.3, 0.4) is 0 Å². The van der Waals surface area contributed by atoms with Gasteiger partial charge in [0, 0.05) is 25.0 Å². The van der Waals surface area contributed by atoms with Gasteiger partial charge in [-0.2, -0.15) is 4.37 Å². The number of carbonyl (C=O) groups is 1. The highest BCUT2D eigenvalue weighted by atomic mass is 32.1. The Hall–Kier alpha value is -3.11. The molecule has 10 heteroatoms. The number of rotatable bonds is 8. The van der Waals surface area contributed by atoms with E-state index in [4.69, 9.17) is 0 Å². The summed E-state index contributed by atoms with van der Waals surface area (Å²) >= 11 is 2.41. The van der Waals surface area contributed by atoms with Crippen molar-refractivity contribution in [2.45, 2.75) is 46.0 Å². The predicted octanol–water partition coefficient (Wildman–Crippen LogP) is 3.90. The van der Waals surface area contributed by atoms with Crippen LogP contribution in [0.5, 0.6) is 0 Å². The van der Waals surface area contributed by atoms with Crippen molar-refractivity contribution in [1.29, 1.82) is 0 Å². The average Bonchev–Trinajstić information content (AvgIpc) is 3.47. The number of anilines is 1. The van der Waals surface area contributed by atoms with Crippen molar-refractivity contribution >= 4 is 44.1 Å². The molecule has 0 fully saturated rings. The Balaban J connectivity index is 1.55. The van der Waals surface area contributed by atoms with E-state index in [2.05, 4.69) is 46.7 Å². The van der Waals surface area contributed by atoms with Gasteiger partial charge in [-0.05, 0) is 41.9 Å². The summed E-state index contributed by atoms with van der Waals surface area (Å²) in [5.41, 5.74) is 4.02. The molecule has 1 aromatic carbocycles. The monoisotopic (exact) mass is 497 g/mol. The Morgan fingerprint density at radius 2 is 1.94 bits per heavy atom. The van der Waals surface area contributed by atoms with Crippen molar-refractivity contribution in [3.8, 4) is 11.3 Å². The maximum atomic E-state index is 12.8. The molecule has 1 N–H and O–H groups in total. The minimum Gasteiger partial charge on any atom is -0.302 e. The molecule has 8 nitrogen and oxygen atoms in total. The molecule has 3 aromatic heterocycles. The number of aromatic nitrogens is 4. The van der Waals surface area contributed by atoms with Gasteiger partial charge in [0.1, 0.15) is 4.83 Å². The molecule has 0 spiro atoms. The highest BCUT2D eigenvalue weighted by molar-refractivity contribution is 7.14. The first-order valence-electron chi connectivity index (χ1n) is 11.3. The van der Waals surface area contributed by atoms with E-state index in [1.165, 1.54) is 34.1 Å². The number of benzene rings is 1. The van der Waals surface area contributed by atoms with Crippen molar-refractivity contribution in [3.05, 3.63) is 61.2 Å². The summed E-state index contributed by atoms with van der Waals surface area (Å²) in [5, 5.41) is 5.60. The van der Waals surface area contributed by atoms with E-state index in [1.54, 1.807) is 7.05 Å². The van der Waals surface area contributed by atoms with Crippen LogP contribution in [0.15, 0.2) is 33.2 Å². The zero-order chi connectivity index (χ0) is 24.4. The van der Waals surface area contributed by atoms with Gasteiger partial charge in [-0.15, -0.1) is 11.3 Å². The highest BCUT2D eigenvalue weighted by Gasteiger charge is 2.19. The lowest BCUT2D eigenvalue weighted by Crippen LogP contribution is -2.36. The number of nitrogens with one attached hydrogen (secondary N) is 1. The van der Waals surface area contributed by atoms with Crippen molar-refractivity contribution in [2.24, 2.45) is 14.1 Å². The number of fused-ring (bicyclic) bond motifs is 1. The number of aryl methyl sites for hydroxylation is 3. The third kappa shape index (κ3) is 4.60. The van der Waals surface area contributed by atoms with Crippen LogP contribution >= 0.6 is 22.9 Å². The van der Waals surface area contributed by atoms with E-state index >= 15 is 0 Å². The zero-order valence-corrected chi connectivity index (χ0v) is 21.3. The third-order valence-electron chi connectivity index (χ3n) is 5.87. The molecule has 0 unspecified atom stereocenters. The van der Waals surface area contributed by atoms with Gasteiger partial charge in [-0.25, -0.2) is 9.78 Å². The van der Waals surface area contributed by atoms with Gasteiger partial charge < -0.3 is 5.32 Å². The lowest BCUT2D eigenvalue weighted by molar-refractivity contribution is -0.115. The third-order valence-corrected chi connectivity index (χ3v) is 7.59. The molecular formula is C24H27N5O3S2. The molecule has 3 heterocycles. The molecule has 4 rings (SSSR count). The number of thiazole rings is 1. The van der Waals surface area contributed by atoms with E-state index in [0.717, 1.165) is 53.0 Å². The summed E-state index contributed by atoms with van der Waals surface area (Å²) in [6.45, 7) is 4.33. The summed E-state index contributed by atoms with van der Waals surface area (Å²) in [7, 11) is 3.01. The lowest BCUT2D eigenvalue weighted by Gasteiger charge is -2.09. The van der Waals surface area contributed by atoms with Crippen LogP contribution in [0.2, 0.25) is 0 Å². The van der Waals surface area contributed by atoms with Crippen molar-refractivity contribution in [3.63, 3.8) is 0 Å². The summed E-state index contributed by atoms with van der Waals surface area (Å²) in [5.74, 6) is -0.309. The Bertz CT molecular complexity index is 1480. The molecule has 0 saturated heterocycles. The Morgan fingerprint density at radius 1 is 1.15 bits per heavy atom. The van der Waals surface area contributed by atoms with Gasteiger partial charge in [-0.1, -0.05) is 38.5 Å². The molecule has 0 bridgehead atoms. The molecule has 4 aromatic rings. The fraction of sp³-hybridized carbons (Fsp3) is 0.375. The van der Waals surface area contributed by atoms with Gasteiger partial charge in [0.15, 0.2) is 5.13 Å². The second kappa shape index (κ2) is 10.0. The normalized spacial score (nSPS) is 11.3. The van der Waals surface area contributed by atoms with Crippen LogP contribution in [0.4, 0.5) is 5.13 Å². The minimum absolute atomic E-state index is 0.0741. The second-order valence-corrected chi connectivity index (χ2v) is 9.84. The van der Waals surface area contributed by atoms with Gasteiger partial charge in [-0.3, -0.25) is 18.7 Å². The number of amides is 1. The highest BCUT2D eigenvalue weighted by Crippen LogP contribution is 2.30. The Kier molecular flexibility index (Phi) is 7.08. The van der Waals surface area contributed by atoms with Crippen molar-refractivity contribution in [1.82, 2.24) is 18.5 Å². The van der Waals surface area contributed by atoms with E-state index in [9.17, 15) is 14.4 Å². The molecule has 0 saturated carbocycles. The van der Waals surface area contributed by atoms with E-state index in [1.807, 2.05) is 5.38 Å². The van der Waals surface area contributed by atoms with Crippen LogP contribution in [-0.4, -0.2) is 24.4 Å². The fourth-order valence-corrected chi connectivity index (χ4v) is 5.48. The smallest absolute Gasteiger partial charge is 0.302 e. The number of nitrogens with zero attached hydrogens (tertiary/aromatic N) is 4. The Labute approximate surface area is 205 Å². The topological polar surface area (TPSA) is 98.9 Å². The average molecular weight is 498 g/mol. The first-order chi connectivity index (χ1) is 16.3. The van der Waals surface area contributed by atoms with E-state index in [0.29, 0.717) is 21.0 Å². The minimum atomic E-state index is -0.443. The molecule has 178 valence electrons. The standard InChI is InChI=1S/C24H27N5O3S2/c1-5-7-8-15-11-14(6-2)9-10-16(15)18-13-33-23(25-18)26-19(30)12-17-20-21(31)28(3)24(32)29(4)22(20)34-27-17/h9-11,13H,5-8,12H2,1-4H3,(H,25,26,30). The van der Waals surface area contributed by atoms with Gasteiger partial charge in [0.25, 0.3) is 5.56 Å². The fourth-order valence-electron chi connectivity index (χ4n) is 3.91. The second-order valence-electron chi connectivity index (χ2n) is 8.23. The Morgan fingerprint density at radius 3 is 2.68 bits per heavy atom. The van der Waals surface area contributed by atoms with Gasteiger partial charge in [0.2, 0.25) is 5.91 Å². The molecule has 34 heavy (non-hydrogen) atoms. The summed E-state index contributed by atoms with van der Waals surface area (Å²) in [4.78, 5) is 42.6. The van der Waals surface area contributed by atoms with Crippen LogP contribution in [-0.2, 0) is 38.2 Å². The van der Waals surface area contributed by atoms with Crippen molar-refractivity contribution < 1.29 is 4.79 Å². The molecule has 0 aliphatic carbocycles. The van der Waals surface area contributed by atoms with Crippen LogP contribution < -0.4 is 16.6 Å². The van der Waals surface area contributed by atoms with Gasteiger partial charge >= 0.3 is 5.69 Å². The first-order valence-corrected chi connectivity index (χ1v) is 12.9. The number of carbonyl (C=O) groups excluding carboxylic acids is 1. The molecule has 0 radical (unpaired) electrons. The molecule has 0 aliphatic rings. The quantitative estimate of drug-likeness (QED) is 0.398. The molecule has 0 aliphatic heterocycles. The molecule has 0 atom stereocenters. The maximum Gasteiger partial charge on any atom is 0.331 e. The van der Waals surface area contributed by atoms with Crippen LogP contribution in [0, 0.1) is 0 Å². The number of unbranched alkanes of at least 4 members (excludes halogenated alkanes) is 1. The summed E-state index contributed by atoms with van der Waals surface area (Å²) in [6.07, 6.45) is 4.14. The number of hydrogen-bond donors (Lipinski definition) is 1. The maximum absolute atomic E-state index is 12.8. The van der Waals surface area contributed by atoms with Crippen LogP contribution in [0.1, 0.15) is 43.5 Å². The summed E-state index contributed by atoms with van der Waals surface area (Å²) < 4.78 is 6.69. The number of hydrogen-bond acceptors (Lipinski definition) is 7. The predicted molar refractivity (Wildman–Crippen MR) is 138 cm³/mol. The lowest BCUT2D eigenvalue weighted by atomic mass is 9.97. The zero-order valence-electron chi connectivity index (χ0n) is 19.7. The molecular weight excluding hydrogens is 470 g/mol. The van der Waals surface area contributed by atoms with Crippen LogP contribution in [0.25, 0.3) is 21.5 Å². The van der Waals surface area contributed by atoms with E-state index in [-0.39, 0.29) is 12.3 Å². The van der Waals surface area contributed by atoms with E-state index < -0.39 is 11.2 Å². The van der Waals surface area contributed by atoms with Crippen molar-refractivity contribution in [2.75, 3.05) is 5.32 Å². The van der Waals surface area contributed by atoms with Gasteiger partial charge in [0.05, 0.1) is 23.2 Å². The first kappa shape index (κ1) is 24.0.